The first kappa shape index (κ1) is 20.9. The molecule has 2 aromatic heterocycles. The van der Waals surface area contributed by atoms with Crippen molar-refractivity contribution in [3.63, 3.8) is 0 Å². The Labute approximate surface area is 210 Å². The van der Waals surface area contributed by atoms with E-state index in [2.05, 4.69) is 118 Å². The van der Waals surface area contributed by atoms with Crippen LogP contribution in [0.1, 0.15) is 33.5 Å². The van der Waals surface area contributed by atoms with Crippen LogP contribution in [-0.2, 0) is 5.41 Å². The van der Waals surface area contributed by atoms with Crippen LogP contribution in [0.25, 0.3) is 11.1 Å². The number of benzene rings is 3. The second-order valence-corrected chi connectivity index (χ2v) is 9.84. The molecule has 6 nitrogen and oxygen atoms in total. The standard InChI is InChI=1S/C30H26N6/c1-19-7-9-23-24-10-8-20(2)16-26(24)30(25(23)15-19,27-11-12-33-34-27)21-5-4-6-22(17-21)36-18-35(3)28-29(36)32-14-13-31-28/h4-17H,18H2,1-3H3,(H,33,34). The molecule has 0 saturated heterocycles. The average Bonchev–Trinajstić information content (AvgIpc) is 3.60. The predicted molar refractivity (Wildman–Crippen MR) is 143 cm³/mol. The number of nitrogens with zero attached hydrogens (tertiary/aromatic N) is 5. The first-order valence-corrected chi connectivity index (χ1v) is 12.2. The normalized spacial score (nSPS) is 15.1. The Morgan fingerprint density at radius 3 is 2.14 bits per heavy atom. The van der Waals surface area contributed by atoms with Crippen molar-refractivity contribution in [3.05, 3.63) is 119 Å². The Morgan fingerprint density at radius 1 is 0.778 bits per heavy atom. The number of rotatable bonds is 3. The monoisotopic (exact) mass is 470 g/mol. The van der Waals surface area contributed by atoms with E-state index in [0.717, 1.165) is 23.0 Å². The van der Waals surface area contributed by atoms with Crippen molar-refractivity contribution in [3.8, 4) is 11.1 Å². The zero-order valence-electron chi connectivity index (χ0n) is 20.5. The van der Waals surface area contributed by atoms with Crippen LogP contribution in [-0.4, -0.2) is 33.9 Å². The van der Waals surface area contributed by atoms with Crippen molar-refractivity contribution >= 4 is 17.3 Å². The second-order valence-electron chi connectivity index (χ2n) is 9.84. The summed E-state index contributed by atoms with van der Waals surface area (Å²) in [7, 11) is 2.05. The van der Waals surface area contributed by atoms with E-state index in [-0.39, 0.29) is 0 Å². The van der Waals surface area contributed by atoms with Crippen LogP contribution in [0.4, 0.5) is 17.3 Å². The molecule has 0 unspecified atom stereocenters. The van der Waals surface area contributed by atoms with Crippen LogP contribution in [0.15, 0.2) is 85.3 Å². The van der Waals surface area contributed by atoms with Gasteiger partial charge in [0.2, 0.25) is 0 Å². The molecule has 3 aromatic carbocycles. The number of hydrogen-bond donors (Lipinski definition) is 1. The maximum Gasteiger partial charge on any atom is 0.178 e. The van der Waals surface area contributed by atoms with Gasteiger partial charge < -0.3 is 9.80 Å². The van der Waals surface area contributed by atoms with E-state index < -0.39 is 5.41 Å². The van der Waals surface area contributed by atoms with Gasteiger partial charge in [-0.15, -0.1) is 0 Å². The molecular formula is C30H26N6. The molecule has 5 aromatic rings. The molecule has 2 aliphatic rings. The minimum Gasteiger partial charge on any atom is -0.338 e. The Balaban J connectivity index is 1.52. The minimum absolute atomic E-state index is 0.508. The lowest BCUT2D eigenvalue weighted by molar-refractivity contribution is 0.726. The van der Waals surface area contributed by atoms with Gasteiger partial charge in [0.15, 0.2) is 11.6 Å². The SMILES string of the molecule is Cc1ccc2c(c1)C(c1cccc(N3CN(C)c4nccnc43)c1)(c1ccn[nH]1)c1cc(C)ccc1-2. The fraction of sp³-hybridized carbons (Fsp3) is 0.167. The number of H-pyrrole nitrogens is 1. The second kappa shape index (κ2) is 7.52. The molecule has 1 N–H and O–H groups in total. The van der Waals surface area contributed by atoms with E-state index in [9.17, 15) is 0 Å². The van der Waals surface area contributed by atoms with Gasteiger partial charge in [0, 0.05) is 31.3 Å². The van der Waals surface area contributed by atoms with Crippen molar-refractivity contribution in [2.75, 3.05) is 23.5 Å². The molecule has 0 bridgehead atoms. The molecule has 36 heavy (non-hydrogen) atoms. The van der Waals surface area contributed by atoms with Gasteiger partial charge in [-0.2, -0.15) is 5.10 Å². The van der Waals surface area contributed by atoms with Crippen LogP contribution >= 0.6 is 0 Å². The Morgan fingerprint density at radius 2 is 1.47 bits per heavy atom. The quantitative estimate of drug-likeness (QED) is 0.358. The van der Waals surface area contributed by atoms with Gasteiger partial charge in [0.05, 0.1) is 17.8 Å². The number of anilines is 3. The van der Waals surface area contributed by atoms with Crippen LogP contribution in [0.2, 0.25) is 0 Å². The average molecular weight is 471 g/mol. The lowest BCUT2D eigenvalue weighted by Crippen LogP contribution is -2.30. The van der Waals surface area contributed by atoms with Crippen LogP contribution in [0.5, 0.6) is 0 Å². The van der Waals surface area contributed by atoms with E-state index in [0.29, 0.717) is 6.67 Å². The van der Waals surface area contributed by atoms with E-state index in [1.54, 1.807) is 12.4 Å². The largest absolute Gasteiger partial charge is 0.338 e. The van der Waals surface area contributed by atoms with Crippen molar-refractivity contribution in [1.82, 2.24) is 20.2 Å². The van der Waals surface area contributed by atoms with Gasteiger partial charge in [-0.1, -0.05) is 59.7 Å². The number of fused-ring (bicyclic) bond motifs is 4. The third kappa shape index (κ3) is 2.75. The van der Waals surface area contributed by atoms with Crippen LogP contribution in [0.3, 0.4) is 0 Å². The lowest BCUT2D eigenvalue weighted by Gasteiger charge is -2.33. The number of hydrogen-bond acceptors (Lipinski definition) is 5. The Hall–Kier alpha value is -4.45. The van der Waals surface area contributed by atoms with E-state index in [4.69, 9.17) is 0 Å². The number of nitrogens with one attached hydrogen (secondary N) is 1. The van der Waals surface area contributed by atoms with Crippen molar-refractivity contribution in [2.24, 2.45) is 0 Å². The summed E-state index contributed by atoms with van der Waals surface area (Å²) < 4.78 is 0. The predicted octanol–water partition coefficient (Wildman–Crippen LogP) is 5.73. The summed E-state index contributed by atoms with van der Waals surface area (Å²) in [5.74, 6) is 1.78. The van der Waals surface area contributed by atoms with Crippen molar-refractivity contribution in [1.29, 1.82) is 0 Å². The first-order valence-electron chi connectivity index (χ1n) is 12.2. The molecule has 0 radical (unpaired) electrons. The molecule has 1 aliphatic heterocycles. The summed E-state index contributed by atoms with van der Waals surface area (Å²) >= 11 is 0. The smallest absolute Gasteiger partial charge is 0.178 e. The number of aromatic nitrogens is 4. The third-order valence-corrected chi connectivity index (χ3v) is 7.58. The third-order valence-electron chi connectivity index (χ3n) is 7.58. The highest BCUT2D eigenvalue weighted by molar-refractivity contribution is 5.87. The molecule has 6 heteroatoms. The van der Waals surface area contributed by atoms with E-state index in [1.807, 2.05) is 6.20 Å². The first-order chi connectivity index (χ1) is 17.6. The number of aromatic amines is 1. The van der Waals surface area contributed by atoms with Crippen LogP contribution < -0.4 is 9.80 Å². The summed E-state index contributed by atoms with van der Waals surface area (Å²) in [5.41, 5.74) is 10.4. The maximum atomic E-state index is 4.66. The summed E-state index contributed by atoms with van der Waals surface area (Å²) in [4.78, 5) is 13.6. The fourth-order valence-corrected chi connectivity index (χ4v) is 6.01. The Kier molecular flexibility index (Phi) is 4.36. The van der Waals surface area contributed by atoms with Gasteiger partial charge in [0.25, 0.3) is 0 Å². The zero-order valence-corrected chi connectivity index (χ0v) is 20.5. The summed E-state index contributed by atoms with van der Waals surface area (Å²) in [6.45, 7) is 5.03. The molecule has 1 aliphatic carbocycles. The highest BCUT2D eigenvalue weighted by Crippen LogP contribution is 2.56. The van der Waals surface area contributed by atoms with Crippen molar-refractivity contribution < 1.29 is 0 Å². The topological polar surface area (TPSA) is 60.9 Å². The molecule has 3 heterocycles. The van der Waals surface area contributed by atoms with Gasteiger partial charge in [-0.25, -0.2) is 9.97 Å². The maximum absolute atomic E-state index is 4.66. The molecule has 0 saturated carbocycles. The molecule has 176 valence electrons. The van der Waals surface area contributed by atoms with Gasteiger partial charge >= 0.3 is 0 Å². The minimum atomic E-state index is -0.508. The molecule has 0 spiro atoms. The van der Waals surface area contributed by atoms with Crippen LogP contribution in [0, 0.1) is 13.8 Å². The molecular weight excluding hydrogens is 444 g/mol. The highest BCUT2D eigenvalue weighted by Gasteiger charge is 2.47. The molecule has 7 rings (SSSR count). The van der Waals surface area contributed by atoms with E-state index in [1.165, 1.54) is 38.9 Å². The molecule has 0 amide bonds. The number of aryl methyl sites for hydroxylation is 2. The summed E-state index contributed by atoms with van der Waals surface area (Å²) in [6, 6.07) is 24.6. The van der Waals surface area contributed by atoms with Gasteiger partial charge in [-0.3, -0.25) is 5.10 Å². The van der Waals surface area contributed by atoms with Crippen molar-refractivity contribution in [2.45, 2.75) is 19.3 Å². The fourth-order valence-electron chi connectivity index (χ4n) is 6.01. The highest BCUT2D eigenvalue weighted by atomic mass is 15.4. The zero-order chi connectivity index (χ0) is 24.4. The van der Waals surface area contributed by atoms with Gasteiger partial charge in [-0.05, 0) is 59.9 Å². The Bertz CT molecular complexity index is 1570. The summed E-state index contributed by atoms with van der Waals surface area (Å²) in [5, 5.41) is 7.76. The molecule has 0 atom stereocenters. The summed E-state index contributed by atoms with van der Waals surface area (Å²) in [6.07, 6.45) is 5.36. The molecule has 0 fully saturated rings. The van der Waals surface area contributed by atoms with E-state index >= 15 is 0 Å². The lowest BCUT2D eigenvalue weighted by atomic mass is 9.69. The van der Waals surface area contributed by atoms with Gasteiger partial charge in [0.1, 0.15) is 0 Å².